The molecule has 2 aromatic rings. The Labute approximate surface area is 114 Å². The molecular weight excluding hydrogens is 266 g/mol. The molecule has 1 heterocycles. The number of nitrogens with one attached hydrogen (secondary N) is 2. The molecule has 1 amide bonds. The molecule has 4 N–H and O–H groups in total. The standard InChI is InChI=1S/C12H12ClN5O/c13-8-3-1-2-7(6-8)12(4-5-12)15-11(19)9-10(14)17-18-16-9/h1-3,6H,4-5H2,(H,15,19)(H3,14,16,17,18). The van der Waals surface area contributed by atoms with E-state index < -0.39 is 0 Å². The van der Waals surface area contributed by atoms with E-state index in [0.717, 1.165) is 18.4 Å². The maximum Gasteiger partial charge on any atom is 0.276 e. The van der Waals surface area contributed by atoms with Crippen LogP contribution in [0.2, 0.25) is 5.02 Å². The molecule has 1 aliphatic rings. The number of aromatic nitrogens is 3. The molecule has 0 saturated heterocycles. The summed E-state index contributed by atoms with van der Waals surface area (Å²) >= 11 is 5.98. The molecule has 0 unspecified atom stereocenters. The number of halogens is 1. The fourth-order valence-electron chi connectivity index (χ4n) is 2.08. The van der Waals surface area contributed by atoms with Crippen LogP contribution in [0.15, 0.2) is 24.3 Å². The Morgan fingerprint density at radius 1 is 1.42 bits per heavy atom. The fourth-order valence-corrected chi connectivity index (χ4v) is 2.27. The first-order chi connectivity index (χ1) is 9.11. The van der Waals surface area contributed by atoms with Gasteiger partial charge in [-0.2, -0.15) is 5.21 Å². The van der Waals surface area contributed by atoms with Crippen molar-refractivity contribution in [3.05, 3.63) is 40.5 Å². The van der Waals surface area contributed by atoms with Crippen molar-refractivity contribution in [2.45, 2.75) is 18.4 Å². The molecule has 1 aliphatic carbocycles. The van der Waals surface area contributed by atoms with Crippen LogP contribution >= 0.6 is 11.6 Å². The molecule has 0 spiro atoms. The zero-order valence-corrected chi connectivity index (χ0v) is 10.7. The van der Waals surface area contributed by atoms with Crippen LogP contribution in [-0.2, 0) is 5.54 Å². The molecule has 1 fully saturated rings. The van der Waals surface area contributed by atoms with Crippen molar-refractivity contribution in [3.63, 3.8) is 0 Å². The maximum atomic E-state index is 12.1. The first-order valence-electron chi connectivity index (χ1n) is 5.85. The number of hydrogen-bond donors (Lipinski definition) is 3. The Balaban J connectivity index is 1.83. The van der Waals surface area contributed by atoms with Crippen molar-refractivity contribution >= 4 is 23.3 Å². The zero-order chi connectivity index (χ0) is 13.5. The lowest BCUT2D eigenvalue weighted by atomic mass is 10.0. The predicted molar refractivity (Wildman–Crippen MR) is 70.6 cm³/mol. The average Bonchev–Trinajstić information content (AvgIpc) is 3.03. The summed E-state index contributed by atoms with van der Waals surface area (Å²) in [5, 5.41) is 13.3. The van der Waals surface area contributed by atoms with Crippen LogP contribution in [0.3, 0.4) is 0 Å². The van der Waals surface area contributed by atoms with E-state index >= 15 is 0 Å². The van der Waals surface area contributed by atoms with Gasteiger partial charge in [-0.15, -0.1) is 10.2 Å². The average molecular weight is 278 g/mol. The van der Waals surface area contributed by atoms with Gasteiger partial charge in [-0.1, -0.05) is 23.7 Å². The molecule has 3 rings (SSSR count). The first-order valence-corrected chi connectivity index (χ1v) is 6.23. The number of rotatable bonds is 3. The third-order valence-corrected chi connectivity index (χ3v) is 3.51. The Hall–Kier alpha value is -2.08. The van der Waals surface area contributed by atoms with Gasteiger partial charge >= 0.3 is 0 Å². The number of anilines is 1. The van der Waals surface area contributed by atoms with Crippen LogP contribution in [0.5, 0.6) is 0 Å². The summed E-state index contributed by atoms with van der Waals surface area (Å²) in [6, 6.07) is 7.49. The highest BCUT2D eigenvalue weighted by atomic mass is 35.5. The van der Waals surface area contributed by atoms with E-state index in [0.29, 0.717) is 5.02 Å². The first kappa shape index (κ1) is 12.0. The van der Waals surface area contributed by atoms with Gasteiger partial charge in [0.25, 0.3) is 5.91 Å². The number of amides is 1. The second-order valence-electron chi connectivity index (χ2n) is 4.60. The summed E-state index contributed by atoms with van der Waals surface area (Å²) in [6.45, 7) is 0. The molecule has 98 valence electrons. The number of aromatic amines is 1. The van der Waals surface area contributed by atoms with E-state index in [1.54, 1.807) is 6.07 Å². The van der Waals surface area contributed by atoms with Gasteiger partial charge in [0.1, 0.15) is 0 Å². The summed E-state index contributed by atoms with van der Waals surface area (Å²) in [7, 11) is 0. The van der Waals surface area contributed by atoms with Crippen LogP contribution in [0.1, 0.15) is 28.9 Å². The van der Waals surface area contributed by atoms with Gasteiger partial charge in [0.15, 0.2) is 11.5 Å². The van der Waals surface area contributed by atoms with Gasteiger partial charge < -0.3 is 11.1 Å². The monoisotopic (exact) mass is 277 g/mol. The van der Waals surface area contributed by atoms with Gasteiger partial charge in [-0.25, -0.2) is 0 Å². The minimum Gasteiger partial charge on any atom is -0.380 e. The fraction of sp³-hybridized carbons (Fsp3) is 0.250. The zero-order valence-electron chi connectivity index (χ0n) is 9.98. The van der Waals surface area contributed by atoms with Crippen molar-refractivity contribution in [1.82, 2.24) is 20.7 Å². The molecule has 0 atom stereocenters. The molecule has 19 heavy (non-hydrogen) atoms. The van der Waals surface area contributed by atoms with E-state index in [-0.39, 0.29) is 23.0 Å². The Bertz CT molecular complexity index is 635. The SMILES string of the molecule is Nc1n[nH]nc1C(=O)NC1(c2cccc(Cl)c2)CC1. The second-order valence-corrected chi connectivity index (χ2v) is 5.04. The number of nitrogen functional groups attached to an aromatic ring is 1. The molecule has 1 saturated carbocycles. The molecule has 6 nitrogen and oxygen atoms in total. The highest BCUT2D eigenvalue weighted by Gasteiger charge is 2.46. The highest BCUT2D eigenvalue weighted by Crippen LogP contribution is 2.46. The van der Waals surface area contributed by atoms with Crippen molar-refractivity contribution in [1.29, 1.82) is 0 Å². The molecule has 1 aromatic heterocycles. The second kappa shape index (κ2) is 4.24. The highest BCUT2D eigenvalue weighted by molar-refractivity contribution is 6.30. The number of nitrogens with zero attached hydrogens (tertiary/aromatic N) is 2. The predicted octanol–water partition coefficient (Wildman–Crippen LogP) is 1.46. The molecule has 0 bridgehead atoms. The normalized spacial score (nSPS) is 16.1. The quantitative estimate of drug-likeness (QED) is 0.791. The van der Waals surface area contributed by atoms with E-state index in [4.69, 9.17) is 17.3 Å². The minimum absolute atomic E-state index is 0.0967. The van der Waals surface area contributed by atoms with Crippen LogP contribution in [0.4, 0.5) is 5.82 Å². The summed E-state index contributed by atoms with van der Waals surface area (Å²) < 4.78 is 0. The number of nitrogens with two attached hydrogens (primary N) is 1. The van der Waals surface area contributed by atoms with Crippen LogP contribution in [-0.4, -0.2) is 21.3 Å². The van der Waals surface area contributed by atoms with E-state index in [1.807, 2.05) is 18.2 Å². The van der Waals surface area contributed by atoms with Gasteiger partial charge in [0.2, 0.25) is 0 Å². The third-order valence-electron chi connectivity index (χ3n) is 3.27. The molecular formula is C12H12ClN5O. The topological polar surface area (TPSA) is 96.7 Å². The summed E-state index contributed by atoms with van der Waals surface area (Å²) in [5.74, 6) is -0.233. The molecule has 0 radical (unpaired) electrons. The lowest BCUT2D eigenvalue weighted by Crippen LogP contribution is -2.35. The van der Waals surface area contributed by atoms with Gasteiger partial charge in [-0.05, 0) is 30.5 Å². The largest absolute Gasteiger partial charge is 0.380 e. The Morgan fingerprint density at radius 3 is 2.79 bits per heavy atom. The lowest BCUT2D eigenvalue weighted by Gasteiger charge is -2.17. The number of H-pyrrole nitrogens is 1. The number of carbonyl (C=O) groups excluding carboxylic acids is 1. The van der Waals surface area contributed by atoms with Crippen molar-refractivity contribution < 1.29 is 4.79 Å². The van der Waals surface area contributed by atoms with Gasteiger partial charge in [0, 0.05) is 5.02 Å². The van der Waals surface area contributed by atoms with Crippen LogP contribution in [0, 0.1) is 0 Å². The summed E-state index contributed by atoms with van der Waals surface area (Å²) in [6.07, 6.45) is 1.74. The maximum absolute atomic E-state index is 12.1. The number of carbonyl (C=O) groups is 1. The number of hydrogen-bond acceptors (Lipinski definition) is 4. The van der Waals surface area contributed by atoms with E-state index in [9.17, 15) is 4.79 Å². The van der Waals surface area contributed by atoms with Crippen LogP contribution < -0.4 is 11.1 Å². The minimum atomic E-state index is -0.354. The van der Waals surface area contributed by atoms with E-state index in [2.05, 4.69) is 20.7 Å². The Morgan fingerprint density at radius 2 is 2.21 bits per heavy atom. The Kier molecular flexibility index (Phi) is 2.67. The number of benzene rings is 1. The molecule has 1 aromatic carbocycles. The molecule has 0 aliphatic heterocycles. The third kappa shape index (κ3) is 2.15. The van der Waals surface area contributed by atoms with Gasteiger partial charge in [-0.3, -0.25) is 4.79 Å². The van der Waals surface area contributed by atoms with Crippen molar-refractivity contribution in [2.75, 3.05) is 5.73 Å². The summed E-state index contributed by atoms with van der Waals surface area (Å²) in [4.78, 5) is 12.1. The molecule has 7 heteroatoms. The van der Waals surface area contributed by atoms with Gasteiger partial charge in [0.05, 0.1) is 5.54 Å². The lowest BCUT2D eigenvalue weighted by molar-refractivity contribution is 0.0926. The van der Waals surface area contributed by atoms with Crippen molar-refractivity contribution in [3.8, 4) is 0 Å². The van der Waals surface area contributed by atoms with Crippen molar-refractivity contribution in [2.24, 2.45) is 0 Å². The van der Waals surface area contributed by atoms with Crippen LogP contribution in [0.25, 0.3) is 0 Å². The summed E-state index contributed by atoms with van der Waals surface area (Å²) in [5.41, 5.74) is 6.32. The van der Waals surface area contributed by atoms with E-state index in [1.165, 1.54) is 0 Å². The smallest absolute Gasteiger partial charge is 0.276 e.